The third-order valence-corrected chi connectivity index (χ3v) is 5.20. The van der Waals surface area contributed by atoms with Crippen LogP contribution in [-0.2, 0) is 14.7 Å². The molecule has 1 fully saturated rings. The lowest BCUT2D eigenvalue weighted by atomic mass is 10.1. The lowest BCUT2D eigenvalue weighted by molar-refractivity contribution is 0.0637. The van der Waals surface area contributed by atoms with Gasteiger partial charge in [0, 0.05) is 26.3 Å². The molecule has 0 aromatic carbocycles. The first-order valence-electron chi connectivity index (χ1n) is 5.04. The van der Waals surface area contributed by atoms with E-state index in [1.807, 2.05) is 13.8 Å². The highest BCUT2D eigenvalue weighted by Crippen LogP contribution is 2.18. The smallest absolute Gasteiger partial charge is 0.110 e. The number of ether oxygens (including phenoxy) is 1. The Morgan fingerprint density at radius 2 is 1.93 bits per heavy atom. The summed E-state index contributed by atoms with van der Waals surface area (Å²) in [6, 6.07) is 0.246. The number of rotatable bonds is 3. The van der Waals surface area contributed by atoms with Crippen LogP contribution in [0.5, 0.6) is 0 Å². The minimum Gasteiger partial charge on any atom is -0.381 e. The van der Waals surface area contributed by atoms with Crippen LogP contribution in [-0.4, -0.2) is 40.1 Å². The van der Waals surface area contributed by atoms with Gasteiger partial charge in [-0.15, -0.1) is 0 Å². The van der Waals surface area contributed by atoms with Crippen molar-refractivity contribution in [3.05, 3.63) is 0 Å². The molecule has 1 aliphatic rings. The van der Waals surface area contributed by atoms with E-state index in [-0.39, 0.29) is 11.3 Å². The second-order valence-corrected chi connectivity index (χ2v) is 6.66. The number of nitrogens with zero attached hydrogens (tertiary/aromatic N) is 1. The van der Waals surface area contributed by atoms with Crippen molar-refractivity contribution in [2.24, 2.45) is 0 Å². The van der Waals surface area contributed by atoms with Crippen LogP contribution in [0, 0.1) is 4.78 Å². The Morgan fingerprint density at radius 3 is 2.36 bits per heavy atom. The maximum atomic E-state index is 12.0. The van der Waals surface area contributed by atoms with Crippen molar-refractivity contribution in [3.8, 4) is 0 Å². The summed E-state index contributed by atoms with van der Waals surface area (Å²) in [5.41, 5.74) is 0. The fraction of sp³-hybridized carbons (Fsp3) is 1.00. The van der Waals surface area contributed by atoms with E-state index in [0.29, 0.717) is 0 Å². The molecule has 0 radical (unpaired) electrons. The minimum atomic E-state index is -2.60. The number of hydrogen-bond donors (Lipinski definition) is 1. The first kappa shape index (κ1) is 11.9. The molecule has 0 spiro atoms. The summed E-state index contributed by atoms with van der Waals surface area (Å²) in [7, 11) is -0.802. The summed E-state index contributed by atoms with van der Waals surface area (Å²) in [4.78, 5) is 0. The predicted octanol–water partition coefficient (Wildman–Crippen LogP) is 1.47. The summed E-state index contributed by atoms with van der Waals surface area (Å²) in [6.07, 6.45) is 1.78. The quantitative estimate of drug-likeness (QED) is 0.783. The van der Waals surface area contributed by atoms with Crippen LogP contribution in [0.25, 0.3) is 0 Å². The molecule has 0 saturated carbocycles. The molecule has 4 nitrogen and oxygen atoms in total. The van der Waals surface area contributed by atoms with Crippen molar-refractivity contribution < 1.29 is 8.95 Å². The van der Waals surface area contributed by atoms with E-state index in [1.54, 1.807) is 11.4 Å². The molecule has 5 heteroatoms. The van der Waals surface area contributed by atoms with Crippen molar-refractivity contribution in [2.45, 2.75) is 38.0 Å². The Balaban J connectivity index is 2.68. The SMILES string of the molecule is CC(C)S(=N)(=O)N(C)C1CCOCC1. The second-order valence-electron chi connectivity index (χ2n) is 4.01. The van der Waals surface area contributed by atoms with E-state index < -0.39 is 9.92 Å². The maximum absolute atomic E-state index is 12.0. The van der Waals surface area contributed by atoms with Crippen LogP contribution in [0.1, 0.15) is 26.7 Å². The zero-order chi connectivity index (χ0) is 10.8. The molecule has 0 amide bonds. The highest BCUT2D eigenvalue weighted by atomic mass is 32.2. The Kier molecular flexibility index (Phi) is 3.92. The van der Waals surface area contributed by atoms with E-state index in [1.165, 1.54) is 0 Å². The van der Waals surface area contributed by atoms with Gasteiger partial charge in [-0.2, -0.15) is 0 Å². The van der Waals surface area contributed by atoms with Gasteiger partial charge in [-0.3, -0.25) is 0 Å². The van der Waals surface area contributed by atoms with Gasteiger partial charge in [0.05, 0.1) is 5.25 Å². The number of hydrogen-bond acceptors (Lipinski definition) is 3. The van der Waals surface area contributed by atoms with Crippen molar-refractivity contribution in [3.63, 3.8) is 0 Å². The summed E-state index contributed by atoms with van der Waals surface area (Å²) in [5.74, 6) is 0. The highest BCUT2D eigenvalue weighted by Gasteiger charge is 2.27. The predicted molar refractivity (Wildman–Crippen MR) is 57.6 cm³/mol. The fourth-order valence-electron chi connectivity index (χ4n) is 1.60. The normalized spacial score (nSPS) is 24.1. The van der Waals surface area contributed by atoms with E-state index >= 15 is 0 Å². The zero-order valence-corrected chi connectivity index (χ0v) is 9.97. The molecular formula is C9H20N2O2S. The average molecular weight is 220 g/mol. The van der Waals surface area contributed by atoms with Gasteiger partial charge in [-0.05, 0) is 26.7 Å². The Labute approximate surface area is 86.7 Å². The molecule has 84 valence electrons. The third kappa shape index (κ3) is 2.46. The van der Waals surface area contributed by atoms with Crippen LogP contribution in [0.2, 0.25) is 0 Å². The molecule has 1 saturated heterocycles. The lowest BCUT2D eigenvalue weighted by Crippen LogP contribution is -2.42. The standard InChI is InChI=1S/C9H20N2O2S/c1-8(2)14(10,12)11(3)9-4-6-13-7-5-9/h8-10H,4-7H2,1-3H3. The van der Waals surface area contributed by atoms with E-state index in [9.17, 15) is 4.21 Å². The highest BCUT2D eigenvalue weighted by molar-refractivity contribution is 7.90. The van der Waals surface area contributed by atoms with Crippen molar-refractivity contribution >= 4 is 9.92 Å². The fourth-order valence-corrected chi connectivity index (χ4v) is 2.92. The molecule has 1 rings (SSSR count). The zero-order valence-electron chi connectivity index (χ0n) is 9.16. The molecule has 1 atom stereocenters. The van der Waals surface area contributed by atoms with Gasteiger partial charge in [0.15, 0.2) is 0 Å². The van der Waals surface area contributed by atoms with Gasteiger partial charge < -0.3 is 4.74 Å². The van der Waals surface area contributed by atoms with Gasteiger partial charge in [0.25, 0.3) is 0 Å². The summed E-state index contributed by atoms with van der Waals surface area (Å²) in [5, 5.41) is -0.115. The van der Waals surface area contributed by atoms with Crippen LogP contribution in [0.4, 0.5) is 0 Å². The van der Waals surface area contributed by atoms with Crippen LogP contribution in [0.3, 0.4) is 0 Å². The minimum absolute atomic E-state index is 0.115. The topological polar surface area (TPSA) is 53.4 Å². The second kappa shape index (κ2) is 4.59. The number of nitrogens with one attached hydrogen (secondary N) is 1. The van der Waals surface area contributed by atoms with Crippen LogP contribution >= 0.6 is 0 Å². The maximum Gasteiger partial charge on any atom is 0.110 e. The molecule has 0 aliphatic carbocycles. The molecule has 1 N–H and O–H groups in total. The van der Waals surface area contributed by atoms with E-state index in [2.05, 4.69) is 0 Å². The summed E-state index contributed by atoms with van der Waals surface area (Å²) in [6.45, 7) is 5.13. The monoisotopic (exact) mass is 220 g/mol. The van der Waals surface area contributed by atoms with Gasteiger partial charge in [0.1, 0.15) is 9.92 Å². The van der Waals surface area contributed by atoms with E-state index in [0.717, 1.165) is 26.1 Å². The van der Waals surface area contributed by atoms with Gasteiger partial charge >= 0.3 is 0 Å². The van der Waals surface area contributed by atoms with Gasteiger partial charge in [-0.1, -0.05) is 0 Å². The molecule has 0 bridgehead atoms. The summed E-state index contributed by atoms with van der Waals surface area (Å²) < 4.78 is 26.9. The summed E-state index contributed by atoms with van der Waals surface area (Å²) >= 11 is 0. The average Bonchev–Trinajstić information content (AvgIpc) is 2.17. The van der Waals surface area contributed by atoms with Gasteiger partial charge in [0.2, 0.25) is 0 Å². The molecule has 1 aliphatic heterocycles. The van der Waals surface area contributed by atoms with Gasteiger partial charge in [-0.25, -0.2) is 13.3 Å². The first-order chi connectivity index (χ1) is 6.46. The van der Waals surface area contributed by atoms with Crippen molar-refractivity contribution in [1.29, 1.82) is 4.78 Å². The largest absolute Gasteiger partial charge is 0.381 e. The molecule has 1 unspecified atom stereocenters. The molecule has 0 aromatic heterocycles. The lowest BCUT2D eigenvalue weighted by Gasteiger charge is -2.33. The third-order valence-electron chi connectivity index (χ3n) is 2.77. The van der Waals surface area contributed by atoms with Crippen molar-refractivity contribution in [1.82, 2.24) is 4.31 Å². The van der Waals surface area contributed by atoms with Crippen molar-refractivity contribution in [2.75, 3.05) is 20.3 Å². The van der Waals surface area contributed by atoms with E-state index in [4.69, 9.17) is 9.52 Å². The molecule has 1 heterocycles. The molecule has 0 aromatic rings. The Morgan fingerprint density at radius 1 is 1.43 bits per heavy atom. The van der Waals surface area contributed by atoms with Crippen LogP contribution < -0.4 is 0 Å². The Bertz CT molecular complexity index is 269. The molecular weight excluding hydrogens is 200 g/mol. The van der Waals surface area contributed by atoms with Crippen LogP contribution in [0.15, 0.2) is 0 Å². The molecule has 14 heavy (non-hydrogen) atoms. The Hall–Kier alpha value is -0.130. The first-order valence-corrected chi connectivity index (χ1v) is 6.62.